The fraction of sp³-hybridized carbons (Fsp3) is 0.200. The highest BCUT2D eigenvalue weighted by Crippen LogP contribution is 2.23. The van der Waals surface area contributed by atoms with Crippen LogP contribution in [0.1, 0.15) is 0 Å². The Morgan fingerprint density at radius 3 is 2.73 bits per heavy atom. The van der Waals surface area contributed by atoms with Crippen LogP contribution in [0.25, 0.3) is 10.6 Å². The largest absolute Gasteiger partial charge is 0.333 e. The van der Waals surface area contributed by atoms with Crippen molar-refractivity contribution < 1.29 is 0 Å². The van der Waals surface area contributed by atoms with Crippen LogP contribution in [0.4, 0.5) is 0 Å². The molecule has 2 heterocycles. The van der Waals surface area contributed by atoms with Crippen LogP contribution in [0.15, 0.2) is 34.9 Å². The highest BCUT2D eigenvalue weighted by molar-refractivity contribution is 7.98. The van der Waals surface area contributed by atoms with E-state index in [0.29, 0.717) is 0 Å². The number of hydrogen-bond acceptors (Lipinski definition) is 5. The smallest absolute Gasteiger partial charge is 0.187 e. The summed E-state index contributed by atoms with van der Waals surface area (Å²) in [6.45, 7) is 0. The van der Waals surface area contributed by atoms with E-state index in [0.717, 1.165) is 10.9 Å². The average Bonchev–Trinajstić information content (AvgIpc) is 2.85. The van der Waals surface area contributed by atoms with Gasteiger partial charge in [0.05, 0.1) is 10.6 Å². The second kappa shape index (κ2) is 6.55. The van der Waals surface area contributed by atoms with Gasteiger partial charge in [-0.05, 0) is 30.8 Å². The van der Waals surface area contributed by atoms with Crippen LogP contribution in [0, 0.1) is 0 Å². The zero-order valence-corrected chi connectivity index (χ0v) is 10.3. The van der Waals surface area contributed by atoms with Crippen LogP contribution in [-0.4, -0.2) is 23.3 Å². The summed E-state index contributed by atoms with van der Waals surface area (Å²) in [5, 5.41) is 2.88. The van der Waals surface area contributed by atoms with Gasteiger partial charge in [0.1, 0.15) is 0 Å². The Kier molecular flexibility index (Phi) is 5.31. The molecule has 0 unspecified atom stereocenters. The lowest BCUT2D eigenvalue weighted by Crippen LogP contribution is -1.86. The maximum absolute atomic E-state index is 4.50. The molecule has 5 heteroatoms. The highest BCUT2D eigenvalue weighted by Gasteiger charge is 2.01. The Hall–Kier alpha value is -0.910. The summed E-state index contributed by atoms with van der Waals surface area (Å²) in [5.41, 5.74) is 5.51. The topological polar surface area (TPSA) is 51.8 Å². The van der Waals surface area contributed by atoms with Gasteiger partial charge < -0.3 is 5.73 Å². The molecule has 0 aromatic carbocycles. The molecular weight excluding hydrogens is 226 g/mol. The molecule has 2 rings (SSSR count). The quantitative estimate of drug-likeness (QED) is 0.646. The molecule has 2 aromatic heterocycles. The number of thiophene rings is 1. The summed E-state index contributed by atoms with van der Waals surface area (Å²) in [5.74, 6) is 0. The minimum Gasteiger partial charge on any atom is -0.333 e. The van der Waals surface area contributed by atoms with E-state index in [1.54, 1.807) is 29.3 Å². The molecule has 0 saturated heterocycles. The van der Waals surface area contributed by atoms with Crippen LogP contribution in [0.2, 0.25) is 0 Å². The first-order valence-electron chi connectivity index (χ1n) is 4.39. The molecule has 0 spiro atoms. The third-order valence-electron chi connectivity index (χ3n) is 1.59. The van der Waals surface area contributed by atoms with Crippen molar-refractivity contribution in [2.45, 2.75) is 5.16 Å². The van der Waals surface area contributed by atoms with Gasteiger partial charge in [-0.15, -0.1) is 11.3 Å². The van der Waals surface area contributed by atoms with Gasteiger partial charge in [-0.1, -0.05) is 17.8 Å². The molecule has 15 heavy (non-hydrogen) atoms. The number of nitrogens with zero attached hydrogens (tertiary/aromatic N) is 2. The molecule has 0 fully saturated rings. The Balaban J connectivity index is 0.000000531. The number of aromatic nitrogens is 2. The van der Waals surface area contributed by atoms with Crippen LogP contribution < -0.4 is 5.73 Å². The lowest BCUT2D eigenvalue weighted by atomic mass is 10.3. The van der Waals surface area contributed by atoms with Gasteiger partial charge in [0.25, 0.3) is 0 Å². The van der Waals surface area contributed by atoms with Crippen LogP contribution >= 0.6 is 23.1 Å². The molecule has 0 aliphatic rings. The number of thioether (sulfide) groups is 1. The molecule has 80 valence electrons. The Labute approximate surface area is 97.8 Å². The van der Waals surface area contributed by atoms with Crippen molar-refractivity contribution in [3.05, 3.63) is 29.8 Å². The van der Waals surface area contributed by atoms with E-state index in [1.807, 2.05) is 18.4 Å². The summed E-state index contributed by atoms with van der Waals surface area (Å²) in [6.07, 6.45) is 3.78. The van der Waals surface area contributed by atoms with Gasteiger partial charge in [-0.25, -0.2) is 9.97 Å². The first kappa shape index (κ1) is 12.2. The monoisotopic (exact) mass is 239 g/mol. The van der Waals surface area contributed by atoms with Crippen molar-refractivity contribution in [3.63, 3.8) is 0 Å². The van der Waals surface area contributed by atoms with Gasteiger partial charge in [0, 0.05) is 6.20 Å². The zero-order chi connectivity index (χ0) is 11.1. The number of hydrogen-bond donors (Lipinski definition) is 1. The molecule has 0 amide bonds. The maximum atomic E-state index is 4.50. The van der Waals surface area contributed by atoms with E-state index < -0.39 is 0 Å². The third kappa shape index (κ3) is 3.30. The number of nitrogens with two attached hydrogens (primary N) is 1. The molecule has 0 radical (unpaired) electrons. The van der Waals surface area contributed by atoms with Gasteiger partial charge in [0.15, 0.2) is 5.16 Å². The number of rotatable bonds is 2. The standard InChI is InChI=1S/C9H8N2S2.CH5N/c1-12-9-10-5-4-7(11-9)8-3-2-6-13-8;1-2/h2-6H,1H3;2H2,1H3. The lowest BCUT2D eigenvalue weighted by molar-refractivity contribution is 0.978. The SMILES string of the molecule is CN.CSc1nccc(-c2cccs2)n1. The summed E-state index contributed by atoms with van der Waals surface area (Å²) in [7, 11) is 1.50. The van der Waals surface area contributed by atoms with E-state index in [2.05, 4.69) is 27.1 Å². The van der Waals surface area contributed by atoms with Crippen LogP contribution in [-0.2, 0) is 0 Å². The van der Waals surface area contributed by atoms with E-state index in [4.69, 9.17) is 0 Å². The van der Waals surface area contributed by atoms with Crippen LogP contribution in [0.5, 0.6) is 0 Å². The van der Waals surface area contributed by atoms with E-state index in [1.165, 1.54) is 11.9 Å². The van der Waals surface area contributed by atoms with Gasteiger partial charge in [-0.3, -0.25) is 0 Å². The zero-order valence-electron chi connectivity index (χ0n) is 8.68. The Morgan fingerprint density at radius 1 is 1.33 bits per heavy atom. The second-order valence-electron chi connectivity index (χ2n) is 2.41. The summed E-state index contributed by atoms with van der Waals surface area (Å²) < 4.78 is 0. The van der Waals surface area contributed by atoms with Crippen molar-refractivity contribution in [2.75, 3.05) is 13.3 Å². The van der Waals surface area contributed by atoms with E-state index >= 15 is 0 Å². The van der Waals surface area contributed by atoms with Gasteiger partial charge in [-0.2, -0.15) is 0 Å². The minimum absolute atomic E-state index is 0.825. The van der Waals surface area contributed by atoms with Crippen molar-refractivity contribution in [2.24, 2.45) is 5.73 Å². The molecule has 2 N–H and O–H groups in total. The predicted octanol–water partition coefficient (Wildman–Crippen LogP) is 2.50. The third-order valence-corrected chi connectivity index (χ3v) is 3.04. The molecule has 0 bridgehead atoms. The molecule has 3 nitrogen and oxygen atoms in total. The van der Waals surface area contributed by atoms with Gasteiger partial charge in [0.2, 0.25) is 0 Å². The van der Waals surface area contributed by atoms with Crippen molar-refractivity contribution >= 4 is 23.1 Å². The highest BCUT2D eigenvalue weighted by atomic mass is 32.2. The first-order chi connectivity index (χ1) is 7.40. The summed E-state index contributed by atoms with van der Waals surface area (Å²) in [4.78, 5) is 9.71. The molecular formula is C10H13N3S2. The van der Waals surface area contributed by atoms with Crippen molar-refractivity contribution in [1.29, 1.82) is 0 Å². The van der Waals surface area contributed by atoms with E-state index in [-0.39, 0.29) is 0 Å². The minimum atomic E-state index is 0.825. The Bertz CT molecular complexity index is 387. The summed E-state index contributed by atoms with van der Waals surface area (Å²) >= 11 is 3.26. The summed E-state index contributed by atoms with van der Waals surface area (Å²) in [6, 6.07) is 6.03. The Morgan fingerprint density at radius 2 is 2.13 bits per heavy atom. The van der Waals surface area contributed by atoms with Gasteiger partial charge >= 0.3 is 0 Å². The molecule has 0 atom stereocenters. The first-order valence-corrected chi connectivity index (χ1v) is 6.49. The second-order valence-corrected chi connectivity index (χ2v) is 4.13. The maximum Gasteiger partial charge on any atom is 0.187 e. The molecule has 2 aromatic rings. The average molecular weight is 239 g/mol. The van der Waals surface area contributed by atoms with Crippen molar-refractivity contribution in [3.8, 4) is 10.6 Å². The fourth-order valence-electron chi connectivity index (χ4n) is 1.00. The molecule has 0 aliphatic carbocycles. The molecule has 0 aliphatic heterocycles. The lowest BCUT2D eigenvalue weighted by Gasteiger charge is -1.97. The molecule has 0 saturated carbocycles. The van der Waals surface area contributed by atoms with Crippen LogP contribution in [0.3, 0.4) is 0 Å². The fourth-order valence-corrected chi connectivity index (χ4v) is 2.05. The van der Waals surface area contributed by atoms with Crippen molar-refractivity contribution in [1.82, 2.24) is 9.97 Å². The van der Waals surface area contributed by atoms with E-state index in [9.17, 15) is 0 Å². The predicted molar refractivity (Wildman–Crippen MR) is 67.2 cm³/mol. The normalized spacial score (nSPS) is 9.27.